The third kappa shape index (κ3) is 4.67. The van der Waals surface area contributed by atoms with Gasteiger partial charge in [0.1, 0.15) is 0 Å². The normalized spacial score (nSPS) is 12.1. The molecule has 1 heterocycles. The van der Waals surface area contributed by atoms with Gasteiger partial charge in [0.25, 0.3) is 5.91 Å². The van der Waals surface area contributed by atoms with Crippen molar-refractivity contribution >= 4 is 73.9 Å². The Morgan fingerprint density at radius 2 is 1.89 bits per heavy atom. The van der Waals surface area contributed by atoms with E-state index in [-0.39, 0.29) is 10.6 Å². The van der Waals surface area contributed by atoms with E-state index in [4.69, 9.17) is 51.1 Å². The molecule has 0 saturated carbocycles. The zero-order chi connectivity index (χ0) is 19.6. The third-order valence-corrected chi connectivity index (χ3v) is 5.81. The van der Waals surface area contributed by atoms with E-state index in [9.17, 15) is 4.79 Å². The summed E-state index contributed by atoms with van der Waals surface area (Å²) in [5.74, 6) is -0.485. The molecule has 3 rings (SSSR count). The van der Waals surface area contributed by atoms with Crippen LogP contribution in [0.15, 0.2) is 35.3 Å². The number of amides is 1. The Morgan fingerprint density at radius 1 is 1.11 bits per heavy atom. The van der Waals surface area contributed by atoms with Crippen molar-refractivity contribution in [3.05, 3.63) is 60.8 Å². The Kier molecular flexibility index (Phi) is 6.84. The zero-order valence-corrected chi connectivity index (χ0v) is 18.0. The molecular weight excluding hydrogens is 450 g/mol. The molecule has 0 N–H and O–H groups in total. The molecule has 0 aliphatic rings. The molecule has 142 valence electrons. The maximum absolute atomic E-state index is 12.7. The van der Waals surface area contributed by atoms with E-state index in [0.717, 1.165) is 10.2 Å². The van der Waals surface area contributed by atoms with Crippen molar-refractivity contribution in [3.63, 3.8) is 0 Å². The molecule has 1 amide bonds. The topological polar surface area (TPSA) is 43.6 Å². The predicted molar refractivity (Wildman–Crippen MR) is 113 cm³/mol. The van der Waals surface area contributed by atoms with E-state index in [1.54, 1.807) is 24.3 Å². The maximum Gasteiger partial charge on any atom is 0.281 e. The van der Waals surface area contributed by atoms with E-state index in [1.807, 2.05) is 11.5 Å². The van der Waals surface area contributed by atoms with E-state index in [1.165, 1.54) is 17.4 Å². The minimum Gasteiger partial charge on any atom is -0.380 e. The number of aromatic nitrogens is 1. The van der Waals surface area contributed by atoms with Crippen LogP contribution in [0.1, 0.15) is 17.3 Å². The van der Waals surface area contributed by atoms with E-state index >= 15 is 0 Å². The summed E-state index contributed by atoms with van der Waals surface area (Å²) in [6.45, 7) is 3.45. The molecule has 0 atom stereocenters. The number of nitrogens with zero attached hydrogens (tertiary/aromatic N) is 2. The van der Waals surface area contributed by atoms with Crippen LogP contribution in [0.3, 0.4) is 0 Å². The predicted octanol–water partition coefficient (Wildman–Crippen LogP) is 6.09. The molecule has 0 saturated heterocycles. The number of carbonyl (C=O) groups is 1. The quantitative estimate of drug-likeness (QED) is 0.429. The van der Waals surface area contributed by atoms with Crippen LogP contribution in [0, 0.1) is 0 Å². The van der Waals surface area contributed by atoms with E-state index < -0.39 is 5.91 Å². The van der Waals surface area contributed by atoms with Crippen LogP contribution in [0.2, 0.25) is 20.1 Å². The molecular formula is C18H14Cl4N2O2S. The van der Waals surface area contributed by atoms with Crippen molar-refractivity contribution in [1.82, 2.24) is 4.57 Å². The number of carbonyl (C=O) groups excluding carboxylic acids is 1. The summed E-state index contributed by atoms with van der Waals surface area (Å²) in [7, 11) is 0. The Bertz CT molecular complexity index is 1080. The number of fused-ring (bicyclic) bond motifs is 1. The van der Waals surface area contributed by atoms with Gasteiger partial charge in [-0.3, -0.25) is 4.79 Å². The number of hydrogen-bond donors (Lipinski definition) is 0. The third-order valence-electron chi connectivity index (χ3n) is 3.71. The number of benzene rings is 2. The summed E-state index contributed by atoms with van der Waals surface area (Å²) < 4.78 is 8.13. The molecule has 1 aromatic heterocycles. The first-order chi connectivity index (χ1) is 12.9. The van der Waals surface area contributed by atoms with Gasteiger partial charge in [0.05, 0.1) is 32.4 Å². The highest BCUT2D eigenvalue weighted by Crippen LogP contribution is 2.30. The fourth-order valence-corrected chi connectivity index (χ4v) is 4.74. The van der Waals surface area contributed by atoms with Crippen molar-refractivity contribution in [3.8, 4) is 0 Å². The van der Waals surface area contributed by atoms with Crippen LogP contribution < -0.4 is 4.80 Å². The van der Waals surface area contributed by atoms with Gasteiger partial charge in [-0.2, -0.15) is 4.99 Å². The second-order valence-corrected chi connectivity index (χ2v) is 8.21. The number of hydrogen-bond acceptors (Lipinski definition) is 3. The molecule has 0 fully saturated rings. The molecule has 0 bridgehead atoms. The van der Waals surface area contributed by atoms with Crippen LogP contribution in [-0.2, 0) is 11.3 Å². The fourth-order valence-electron chi connectivity index (χ4n) is 2.53. The number of ether oxygens (including phenoxy) is 1. The van der Waals surface area contributed by atoms with Crippen LogP contribution in [-0.4, -0.2) is 23.7 Å². The van der Waals surface area contributed by atoms with Gasteiger partial charge >= 0.3 is 0 Å². The van der Waals surface area contributed by atoms with Crippen molar-refractivity contribution in [2.24, 2.45) is 4.99 Å². The number of thiazole rings is 1. The summed E-state index contributed by atoms with van der Waals surface area (Å²) in [6.07, 6.45) is 0. The first-order valence-corrected chi connectivity index (χ1v) is 10.3. The lowest BCUT2D eigenvalue weighted by atomic mass is 10.2. The highest BCUT2D eigenvalue weighted by atomic mass is 35.5. The Hall–Kier alpha value is -1.08. The maximum atomic E-state index is 12.7. The monoisotopic (exact) mass is 462 g/mol. The molecule has 0 unspecified atom stereocenters. The molecule has 9 heteroatoms. The van der Waals surface area contributed by atoms with Gasteiger partial charge in [-0.15, -0.1) is 0 Å². The van der Waals surface area contributed by atoms with Gasteiger partial charge in [0, 0.05) is 23.2 Å². The van der Waals surface area contributed by atoms with Gasteiger partial charge in [-0.1, -0.05) is 57.7 Å². The summed E-state index contributed by atoms with van der Waals surface area (Å²) >= 11 is 25.9. The largest absolute Gasteiger partial charge is 0.380 e. The minimum atomic E-state index is -0.485. The SMILES string of the molecule is CCOCCn1c(=NC(=O)c2cc(Cl)ccc2Cl)sc2cc(Cl)cc(Cl)c21. The van der Waals surface area contributed by atoms with Crippen LogP contribution in [0.4, 0.5) is 0 Å². The van der Waals surface area contributed by atoms with Crippen LogP contribution in [0.25, 0.3) is 10.2 Å². The van der Waals surface area contributed by atoms with Gasteiger partial charge in [0.2, 0.25) is 0 Å². The van der Waals surface area contributed by atoms with Crippen molar-refractivity contribution < 1.29 is 9.53 Å². The van der Waals surface area contributed by atoms with E-state index in [2.05, 4.69) is 4.99 Å². The lowest BCUT2D eigenvalue weighted by Crippen LogP contribution is -2.20. The highest BCUT2D eigenvalue weighted by molar-refractivity contribution is 7.16. The van der Waals surface area contributed by atoms with Gasteiger partial charge in [-0.05, 0) is 37.3 Å². The summed E-state index contributed by atoms with van der Waals surface area (Å²) in [5, 5.41) is 1.70. The van der Waals surface area contributed by atoms with Crippen molar-refractivity contribution in [2.45, 2.75) is 13.5 Å². The Morgan fingerprint density at radius 3 is 2.63 bits per heavy atom. The molecule has 0 aliphatic heterocycles. The Labute approximate surface area is 179 Å². The second-order valence-electron chi connectivity index (χ2n) is 5.51. The molecule has 3 aromatic rings. The average molecular weight is 464 g/mol. The lowest BCUT2D eigenvalue weighted by Gasteiger charge is -2.07. The van der Waals surface area contributed by atoms with Crippen LogP contribution >= 0.6 is 57.7 Å². The first-order valence-electron chi connectivity index (χ1n) is 8.01. The average Bonchev–Trinajstić information content (AvgIpc) is 2.94. The van der Waals surface area contributed by atoms with Crippen molar-refractivity contribution in [2.75, 3.05) is 13.2 Å². The number of halogens is 4. The highest BCUT2D eigenvalue weighted by Gasteiger charge is 2.15. The minimum absolute atomic E-state index is 0.238. The molecule has 0 radical (unpaired) electrons. The molecule has 27 heavy (non-hydrogen) atoms. The summed E-state index contributed by atoms with van der Waals surface area (Å²) in [5.41, 5.74) is 0.997. The summed E-state index contributed by atoms with van der Waals surface area (Å²) in [6, 6.07) is 8.13. The summed E-state index contributed by atoms with van der Waals surface area (Å²) in [4.78, 5) is 17.4. The van der Waals surface area contributed by atoms with E-state index in [0.29, 0.717) is 39.6 Å². The molecule has 0 aliphatic carbocycles. The first kappa shape index (κ1) is 20.6. The lowest BCUT2D eigenvalue weighted by molar-refractivity contribution is 0.0997. The standard InChI is InChI=1S/C18H14Cl4N2O2S/c1-2-26-6-5-24-16-14(22)8-11(20)9-15(16)27-18(24)23-17(25)12-7-10(19)3-4-13(12)21/h3-4,7-9H,2,5-6H2,1H3. The van der Waals surface area contributed by atoms with Gasteiger partial charge < -0.3 is 9.30 Å². The van der Waals surface area contributed by atoms with Crippen molar-refractivity contribution in [1.29, 1.82) is 0 Å². The van der Waals surface area contributed by atoms with Crippen LogP contribution in [0.5, 0.6) is 0 Å². The van der Waals surface area contributed by atoms with Gasteiger partial charge in [0.15, 0.2) is 4.80 Å². The van der Waals surface area contributed by atoms with Gasteiger partial charge in [-0.25, -0.2) is 0 Å². The number of rotatable bonds is 5. The molecule has 0 spiro atoms. The molecule has 4 nitrogen and oxygen atoms in total. The molecule has 2 aromatic carbocycles. The Balaban J connectivity index is 2.15. The fraction of sp³-hybridized carbons (Fsp3) is 0.222. The smallest absolute Gasteiger partial charge is 0.281 e. The second kappa shape index (κ2) is 8.95. The zero-order valence-electron chi connectivity index (χ0n) is 14.1.